The van der Waals surface area contributed by atoms with Crippen molar-refractivity contribution >= 4 is 34.0 Å². The van der Waals surface area contributed by atoms with Crippen LogP contribution in [0.1, 0.15) is 40.2 Å². The van der Waals surface area contributed by atoms with Crippen molar-refractivity contribution in [3.8, 4) is 0 Å². The molecule has 0 spiro atoms. The highest BCUT2D eigenvalue weighted by molar-refractivity contribution is 6.56. The van der Waals surface area contributed by atoms with Gasteiger partial charge in [-0.15, -0.1) is 0 Å². The Balaban J connectivity index is 1.98. The van der Waals surface area contributed by atoms with Gasteiger partial charge >= 0.3 is 0 Å². The lowest BCUT2D eigenvalue weighted by Crippen LogP contribution is -2.10. The van der Waals surface area contributed by atoms with E-state index < -0.39 is 4.33 Å². The maximum Gasteiger partial charge on any atom is 0.153 e. The molecule has 0 heterocycles. The minimum atomic E-state index is -0.808. The monoisotopic (exact) mass is 344 g/mol. The Labute approximate surface area is 148 Å². The highest BCUT2D eigenvalue weighted by atomic mass is 35.5. The molecule has 2 aliphatic rings. The second kappa shape index (κ2) is 4.16. The van der Waals surface area contributed by atoms with E-state index in [1.54, 1.807) is 0 Å². The van der Waals surface area contributed by atoms with Gasteiger partial charge in [0.1, 0.15) is 0 Å². The average molecular weight is 345 g/mol. The average Bonchev–Trinajstić information content (AvgIpc) is 3.10. The highest BCUT2D eigenvalue weighted by Gasteiger charge is 2.77. The molecule has 1 unspecified atom stereocenters. The summed E-state index contributed by atoms with van der Waals surface area (Å²) in [4.78, 5) is 0. The zero-order valence-corrected chi connectivity index (χ0v) is 15.8. The van der Waals surface area contributed by atoms with Crippen molar-refractivity contribution in [2.24, 2.45) is 10.8 Å². The fourth-order valence-electron chi connectivity index (χ4n) is 4.48. The quantitative estimate of drug-likeness (QED) is 0.401. The number of hydrogen-bond donors (Lipinski definition) is 0. The third-order valence-corrected chi connectivity index (χ3v) is 7.84. The molecule has 0 N–H and O–H groups in total. The molecule has 1 atom stereocenters. The van der Waals surface area contributed by atoms with Crippen LogP contribution in [0.15, 0.2) is 53.6 Å². The van der Waals surface area contributed by atoms with Gasteiger partial charge in [-0.1, -0.05) is 98.9 Å². The van der Waals surface area contributed by atoms with Gasteiger partial charge < -0.3 is 0 Å². The van der Waals surface area contributed by atoms with Crippen LogP contribution in [-0.4, -0.2) is 4.33 Å². The lowest BCUT2D eigenvalue weighted by Gasteiger charge is -2.14. The summed E-state index contributed by atoms with van der Waals surface area (Å²) in [5.41, 5.74) is 3.92. The zero-order chi connectivity index (χ0) is 16.8. The number of halogens is 2. The Kier molecular flexibility index (Phi) is 2.81. The fraction of sp³-hybridized carbons (Fsp3) is 0.429. The van der Waals surface area contributed by atoms with E-state index in [1.807, 2.05) is 0 Å². The standard InChI is InChI=1S/C21H22Cl2/c1-18(2)16(19(18,3)4)17-20(5,21(17,22)23)15-12-8-10-13-9-6-7-11-14(13)15/h6-12H,1-5H3. The highest BCUT2D eigenvalue weighted by Crippen LogP contribution is 2.80. The first-order valence-corrected chi connectivity index (χ1v) is 8.96. The third kappa shape index (κ3) is 1.64. The smallest absolute Gasteiger partial charge is 0.0953 e. The van der Waals surface area contributed by atoms with E-state index >= 15 is 0 Å². The van der Waals surface area contributed by atoms with Gasteiger partial charge in [0.25, 0.3) is 0 Å². The van der Waals surface area contributed by atoms with Crippen molar-refractivity contribution in [3.63, 3.8) is 0 Å². The normalized spacial score (nSPS) is 29.7. The first-order chi connectivity index (χ1) is 10.6. The summed E-state index contributed by atoms with van der Waals surface area (Å²) in [6.07, 6.45) is 0. The van der Waals surface area contributed by atoms with Crippen LogP contribution in [0.3, 0.4) is 0 Å². The molecule has 2 fully saturated rings. The van der Waals surface area contributed by atoms with Crippen LogP contribution < -0.4 is 0 Å². The van der Waals surface area contributed by atoms with Gasteiger partial charge in [-0.25, -0.2) is 0 Å². The molecule has 0 radical (unpaired) electrons. The molecular formula is C21H22Cl2. The Morgan fingerprint density at radius 3 is 1.87 bits per heavy atom. The molecule has 0 aliphatic heterocycles. The lowest BCUT2D eigenvalue weighted by molar-refractivity contribution is 0.457. The number of fused-ring (bicyclic) bond motifs is 1. The van der Waals surface area contributed by atoms with Crippen LogP contribution in [0.5, 0.6) is 0 Å². The molecule has 4 rings (SSSR count). The molecular weight excluding hydrogens is 323 g/mol. The van der Waals surface area contributed by atoms with E-state index in [4.69, 9.17) is 23.2 Å². The van der Waals surface area contributed by atoms with Crippen molar-refractivity contribution in [1.29, 1.82) is 0 Å². The van der Waals surface area contributed by atoms with Crippen molar-refractivity contribution < 1.29 is 0 Å². The summed E-state index contributed by atoms with van der Waals surface area (Å²) in [6, 6.07) is 14.9. The van der Waals surface area contributed by atoms with Gasteiger partial charge in [0.2, 0.25) is 0 Å². The molecule has 2 aliphatic carbocycles. The molecule has 2 saturated carbocycles. The number of hydrogen-bond acceptors (Lipinski definition) is 0. The second-order valence-electron chi connectivity index (χ2n) is 8.23. The third-order valence-electron chi connectivity index (χ3n) is 6.71. The first-order valence-electron chi connectivity index (χ1n) is 8.20. The molecule has 0 amide bonds. The predicted molar refractivity (Wildman–Crippen MR) is 100 cm³/mol. The largest absolute Gasteiger partial charge is 0.153 e. The van der Waals surface area contributed by atoms with Gasteiger partial charge in [-0.3, -0.25) is 0 Å². The summed E-state index contributed by atoms with van der Waals surface area (Å²) in [7, 11) is 0. The van der Waals surface area contributed by atoms with E-state index in [-0.39, 0.29) is 16.2 Å². The van der Waals surface area contributed by atoms with Crippen molar-refractivity contribution in [2.75, 3.05) is 0 Å². The Bertz CT molecular complexity index is 849. The second-order valence-corrected chi connectivity index (χ2v) is 9.55. The van der Waals surface area contributed by atoms with E-state index in [0.29, 0.717) is 0 Å². The minimum Gasteiger partial charge on any atom is -0.0953 e. The minimum absolute atomic E-state index is 0.166. The Morgan fingerprint density at radius 1 is 0.696 bits per heavy atom. The summed E-state index contributed by atoms with van der Waals surface area (Å²) in [5, 5.41) is 2.48. The maximum atomic E-state index is 6.85. The molecule has 0 bridgehead atoms. The molecule has 0 nitrogen and oxygen atoms in total. The fourth-order valence-corrected chi connectivity index (χ4v) is 5.35. The van der Waals surface area contributed by atoms with Crippen LogP contribution in [0.4, 0.5) is 0 Å². The van der Waals surface area contributed by atoms with E-state index in [2.05, 4.69) is 77.1 Å². The predicted octanol–water partition coefficient (Wildman–Crippen LogP) is 6.65. The van der Waals surface area contributed by atoms with Gasteiger partial charge in [0.05, 0.1) is 5.41 Å². The SMILES string of the molecule is CC1(C)C(=C2C(Cl)(Cl)C2(C)c2cccc3ccccc23)C1(C)C. The first kappa shape index (κ1) is 15.5. The van der Waals surface area contributed by atoms with Gasteiger partial charge in [-0.2, -0.15) is 0 Å². The summed E-state index contributed by atoms with van der Waals surface area (Å²) in [6.45, 7) is 11.4. The Morgan fingerprint density at radius 2 is 1.26 bits per heavy atom. The zero-order valence-electron chi connectivity index (χ0n) is 14.3. The Hall–Kier alpha value is -0.980. The molecule has 0 saturated heterocycles. The number of rotatable bonds is 1. The summed E-state index contributed by atoms with van der Waals surface area (Å²) < 4.78 is -0.808. The lowest BCUT2D eigenvalue weighted by atomic mass is 9.91. The number of alkyl halides is 2. The van der Waals surface area contributed by atoms with E-state index in [9.17, 15) is 0 Å². The summed E-state index contributed by atoms with van der Waals surface area (Å²) in [5.74, 6) is 0. The van der Waals surface area contributed by atoms with Crippen LogP contribution in [-0.2, 0) is 5.41 Å². The molecule has 23 heavy (non-hydrogen) atoms. The van der Waals surface area contributed by atoms with Crippen molar-refractivity contribution in [2.45, 2.75) is 44.4 Å². The number of allylic oxidation sites excluding steroid dienone is 2. The van der Waals surface area contributed by atoms with Gasteiger partial charge in [0, 0.05) is 0 Å². The van der Waals surface area contributed by atoms with Gasteiger partial charge in [-0.05, 0) is 39.7 Å². The topological polar surface area (TPSA) is 0 Å². The van der Waals surface area contributed by atoms with Crippen molar-refractivity contribution in [1.82, 2.24) is 0 Å². The molecule has 0 aromatic heterocycles. The van der Waals surface area contributed by atoms with Crippen LogP contribution >= 0.6 is 23.2 Å². The number of benzene rings is 2. The van der Waals surface area contributed by atoms with E-state index in [0.717, 1.165) is 0 Å². The van der Waals surface area contributed by atoms with Gasteiger partial charge in [0.15, 0.2) is 4.33 Å². The van der Waals surface area contributed by atoms with Crippen LogP contribution in [0, 0.1) is 10.8 Å². The maximum absolute atomic E-state index is 6.85. The summed E-state index contributed by atoms with van der Waals surface area (Å²) >= 11 is 13.7. The molecule has 2 aromatic carbocycles. The molecule has 2 heteroatoms. The van der Waals surface area contributed by atoms with Crippen LogP contribution in [0.25, 0.3) is 10.8 Å². The molecule has 2 aromatic rings. The van der Waals surface area contributed by atoms with Crippen LogP contribution in [0.2, 0.25) is 0 Å². The molecule has 120 valence electrons. The van der Waals surface area contributed by atoms with Crippen molar-refractivity contribution in [3.05, 3.63) is 59.2 Å². The van der Waals surface area contributed by atoms with E-state index in [1.165, 1.54) is 27.5 Å².